The summed E-state index contributed by atoms with van der Waals surface area (Å²) in [6.07, 6.45) is 7.62. The molecule has 92 valence electrons. The third-order valence-electron chi connectivity index (χ3n) is 6.19. The number of rotatable bonds is 4. The van der Waals surface area contributed by atoms with Gasteiger partial charge in [-0.25, -0.2) is 0 Å². The molecule has 2 saturated carbocycles. The molecule has 0 aliphatic heterocycles. The first-order valence-electron chi connectivity index (χ1n) is 6.55. The molecule has 2 fully saturated rings. The average Bonchev–Trinajstić information content (AvgIpc) is 2.48. The highest BCUT2D eigenvalue weighted by Crippen LogP contribution is 2.73. The van der Waals surface area contributed by atoms with E-state index in [1.54, 1.807) is 0 Å². The third-order valence-corrected chi connectivity index (χ3v) is 6.19. The number of aliphatic carboxylic acids is 1. The van der Waals surface area contributed by atoms with Crippen LogP contribution in [0.3, 0.4) is 0 Å². The fourth-order valence-corrected chi connectivity index (χ4v) is 4.31. The van der Waals surface area contributed by atoms with E-state index in [9.17, 15) is 4.79 Å². The lowest BCUT2D eigenvalue weighted by atomic mass is 9.63. The van der Waals surface area contributed by atoms with Crippen molar-refractivity contribution in [2.24, 2.45) is 16.2 Å². The minimum atomic E-state index is -0.645. The zero-order valence-corrected chi connectivity index (χ0v) is 10.8. The second-order valence-corrected chi connectivity index (χ2v) is 6.71. The van der Waals surface area contributed by atoms with Gasteiger partial charge >= 0.3 is 5.97 Å². The van der Waals surface area contributed by atoms with Crippen molar-refractivity contribution in [3.05, 3.63) is 0 Å². The fourth-order valence-electron chi connectivity index (χ4n) is 4.31. The Morgan fingerprint density at radius 2 is 1.69 bits per heavy atom. The average molecular weight is 224 g/mol. The number of hydrogen-bond acceptors (Lipinski definition) is 1. The van der Waals surface area contributed by atoms with Crippen LogP contribution >= 0.6 is 0 Å². The highest BCUT2D eigenvalue weighted by Gasteiger charge is 2.64. The molecule has 2 aliphatic carbocycles. The molecule has 0 spiro atoms. The molecule has 0 aromatic heterocycles. The van der Waals surface area contributed by atoms with Crippen LogP contribution in [0.25, 0.3) is 0 Å². The Labute approximate surface area is 98.4 Å². The lowest BCUT2D eigenvalue weighted by Gasteiger charge is -2.41. The Morgan fingerprint density at radius 3 is 2.06 bits per heavy atom. The summed E-state index contributed by atoms with van der Waals surface area (Å²) in [6, 6.07) is 0. The van der Waals surface area contributed by atoms with Gasteiger partial charge in [-0.2, -0.15) is 0 Å². The number of hydrogen-bond donors (Lipinski definition) is 1. The van der Waals surface area contributed by atoms with E-state index >= 15 is 0 Å². The summed E-state index contributed by atoms with van der Waals surface area (Å²) < 4.78 is 0. The van der Waals surface area contributed by atoms with Gasteiger partial charge in [0, 0.05) is 6.42 Å². The largest absolute Gasteiger partial charge is 0.481 e. The molecule has 2 bridgehead atoms. The van der Waals surface area contributed by atoms with Gasteiger partial charge in [-0.15, -0.1) is 0 Å². The fraction of sp³-hybridized carbons (Fsp3) is 0.929. The molecule has 0 radical (unpaired) electrons. The standard InChI is InChI=1S/C14H24O2/c1-12(2)13(3)7-9-14(12,10-8-13)6-4-5-11(15)16/h4-10H2,1-3H3,(H,15,16). The summed E-state index contributed by atoms with van der Waals surface area (Å²) in [4.78, 5) is 10.6. The maximum Gasteiger partial charge on any atom is 0.303 e. The lowest BCUT2D eigenvalue weighted by Crippen LogP contribution is -2.34. The predicted molar refractivity (Wildman–Crippen MR) is 64.3 cm³/mol. The van der Waals surface area contributed by atoms with Crippen molar-refractivity contribution in [3.63, 3.8) is 0 Å². The van der Waals surface area contributed by atoms with E-state index in [0.29, 0.717) is 22.7 Å². The zero-order valence-electron chi connectivity index (χ0n) is 10.8. The molecule has 0 aromatic rings. The van der Waals surface area contributed by atoms with Gasteiger partial charge in [-0.1, -0.05) is 20.8 Å². The van der Waals surface area contributed by atoms with E-state index in [4.69, 9.17) is 5.11 Å². The molecule has 0 aromatic carbocycles. The van der Waals surface area contributed by atoms with Gasteiger partial charge in [0.25, 0.3) is 0 Å². The number of carboxylic acid groups (broad SMARTS) is 1. The SMILES string of the molecule is CC12CCC(CCCC(=O)O)(CC1)C2(C)C. The first-order valence-corrected chi connectivity index (χ1v) is 6.55. The van der Waals surface area contributed by atoms with Crippen LogP contribution < -0.4 is 0 Å². The van der Waals surface area contributed by atoms with Crippen LogP contribution in [0.1, 0.15) is 65.7 Å². The smallest absolute Gasteiger partial charge is 0.303 e. The monoisotopic (exact) mass is 224 g/mol. The van der Waals surface area contributed by atoms with Crippen molar-refractivity contribution >= 4 is 5.97 Å². The first-order chi connectivity index (χ1) is 7.33. The summed E-state index contributed by atoms with van der Waals surface area (Å²) in [5, 5.41) is 8.74. The van der Waals surface area contributed by atoms with E-state index in [0.717, 1.165) is 12.8 Å². The molecule has 16 heavy (non-hydrogen) atoms. The Balaban J connectivity index is 2.06. The van der Waals surface area contributed by atoms with Crippen molar-refractivity contribution in [1.82, 2.24) is 0 Å². The van der Waals surface area contributed by atoms with E-state index in [2.05, 4.69) is 20.8 Å². The van der Waals surface area contributed by atoms with Crippen LogP contribution in [0.2, 0.25) is 0 Å². The Bertz CT molecular complexity index is 296. The van der Waals surface area contributed by atoms with E-state index < -0.39 is 5.97 Å². The lowest BCUT2D eigenvalue weighted by molar-refractivity contribution is -0.137. The summed E-state index contributed by atoms with van der Waals surface area (Å²) in [5.41, 5.74) is 1.35. The second-order valence-electron chi connectivity index (χ2n) is 6.71. The molecule has 0 atom stereocenters. The topological polar surface area (TPSA) is 37.3 Å². The van der Waals surface area contributed by atoms with Crippen LogP contribution in [-0.4, -0.2) is 11.1 Å². The highest BCUT2D eigenvalue weighted by atomic mass is 16.4. The molecular weight excluding hydrogens is 200 g/mol. The van der Waals surface area contributed by atoms with Gasteiger partial charge in [-0.3, -0.25) is 4.79 Å². The van der Waals surface area contributed by atoms with Gasteiger partial charge in [0.1, 0.15) is 0 Å². The molecule has 2 nitrogen and oxygen atoms in total. The molecule has 0 heterocycles. The zero-order chi connectivity index (χ0) is 12.0. The highest BCUT2D eigenvalue weighted by molar-refractivity contribution is 5.66. The second kappa shape index (κ2) is 3.48. The van der Waals surface area contributed by atoms with Gasteiger partial charge in [-0.05, 0) is 54.8 Å². The Hall–Kier alpha value is -0.530. The summed E-state index contributed by atoms with van der Waals surface area (Å²) in [5.74, 6) is -0.645. The first kappa shape index (κ1) is 11.9. The van der Waals surface area contributed by atoms with Crippen LogP contribution in [0, 0.1) is 16.2 Å². The quantitative estimate of drug-likeness (QED) is 0.787. The molecular formula is C14H24O2. The normalized spacial score (nSPS) is 40.2. The van der Waals surface area contributed by atoms with Crippen LogP contribution in [0.5, 0.6) is 0 Å². The molecule has 2 aliphatic rings. The molecule has 1 N–H and O–H groups in total. The number of carboxylic acids is 1. The Kier molecular flexibility index (Phi) is 2.60. The van der Waals surface area contributed by atoms with Gasteiger partial charge < -0.3 is 5.11 Å². The maximum absolute atomic E-state index is 10.6. The minimum Gasteiger partial charge on any atom is -0.481 e. The third kappa shape index (κ3) is 1.42. The summed E-state index contributed by atoms with van der Waals surface area (Å²) in [7, 11) is 0. The van der Waals surface area contributed by atoms with E-state index in [1.807, 2.05) is 0 Å². The van der Waals surface area contributed by atoms with Gasteiger partial charge in [0.05, 0.1) is 0 Å². The van der Waals surface area contributed by atoms with Crippen molar-refractivity contribution in [2.45, 2.75) is 65.7 Å². The van der Waals surface area contributed by atoms with E-state index in [1.165, 1.54) is 25.7 Å². The summed E-state index contributed by atoms with van der Waals surface area (Å²) >= 11 is 0. The molecule has 2 rings (SSSR count). The van der Waals surface area contributed by atoms with Gasteiger partial charge in [0.2, 0.25) is 0 Å². The minimum absolute atomic E-state index is 0.342. The van der Waals surface area contributed by atoms with Gasteiger partial charge in [0.15, 0.2) is 0 Å². The number of carbonyl (C=O) groups is 1. The summed E-state index contributed by atoms with van der Waals surface area (Å²) in [6.45, 7) is 7.25. The van der Waals surface area contributed by atoms with Crippen molar-refractivity contribution in [2.75, 3.05) is 0 Å². The van der Waals surface area contributed by atoms with E-state index in [-0.39, 0.29) is 0 Å². The van der Waals surface area contributed by atoms with Crippen molar-refractivity contribution in [1.29, 1.82) is 0 Å². The molecule has 0 saturated heterocycles. The van der Waals surface area contributed by atoms with Crippen LogP contribution in [0.4, 0.5) is 0 Å². The molecule has 2 heteroatoms. The van der Waals surface area contributed by atoms with Crippen molar-refractivity contribution < 1.29 is 9.90 Å². The number of fused-ring (bicyclic) bond motifs is 2. The molecule has 0 unspecified atom stereocenters. The van der Waals surface area contributed by atoms with Crippen LogP contribution in [-0.2, 0) is 4.79 Å². The Morgan fingerprint density at radius 1 is 1.12 bits per heavy atom. The van der Waals surface area contributed by atoms with Crippen LogP contribution in [0.15, 0.2) is 0 Å². The van der Waals surface area contributed by atoms with Crippen molar-refractivity contribution in [3.8, 4) is 0 Å². The molecule has 0 amide bonds. The maximum atomic E-state index is 10.6. The predicted octanol–water partition coefficient (Wildman–Crippen LogP) is 3.85.